The largest absolute Gasteiger partial charge is 0.481 e. The lowest BCUT2D eigenvalue weighted by Crippen LogP contribution is -2.19. The van der Waals surface area contributed by atoms with Crippen LogP contribution in [0.25, 0.3) is 0 Å². The molecule has 0 aromatic heterocycles. The number of hydrogen-bond donors (Lipinski definition) is 1. The van der Waals surface area contributed by atoms with Crippen LogP contribution in [0.1, 0.15) is 97.8 Å². The number of hydrogen-bond acceptors (Lipinski definition) is 4. The molecule has 0 heterocycles. The van der Waals surface area contributed by atoms with E-state index in [9.17, 15) is 14.4 Å². The lowest BCUT2D eigenvalue weighted by atomic mass is 9.96. The second-order valence-corrected chi connectivity index (χ2v) is 7.18. The van der Waals surface area contributed by atoms with Crippen molar-refractivity contribution in [3.05, 3.63) is 0 Å². The van der Waals surface area contributed by atoms with Crippen molar-refractivity contribution in [3.63, 3.8) is 0 Å². The Morgan fingerprint density at radius 1 is 0.840 bits per heavy atom. The number of ether oxygens (including phenoxy) is 1. The topological polar surface area (TPSA) is 80.7 Å². The molecule has 25 heavy (non-hydrogen) atoms. The lowest BCUT2D eigenvalue weighted by Gasteiger charge is -2.12. The maximum atomic E-state index is 11.7. The van der Waals surface area contributed by atoms with Gasteiger partial charge in [0.05, 0.1) is 18.8 Å². The molecule has 0 aliphatic carbocycles. The molecule has 0 aromatic carbocycles. The van der Waals surface area contributed by atoms with Crippen LogP contribution in [-0.2, 0) is 19.1 Å². The minimum Gasteiger partial charge on any atom is -0.481 e. The number of carboxylic acid groups (broad SMARTS) is 1. The molecule has 0 amide bonds. The van der Waals surface area contributed by atoms with E-state index < -0.39 is 17.9 Å². The Balaban J connectivity index is 3.65. The van der Waals surface area contributed by atoms with Crippen LogP contribution in [0, 0.1) is 11.8 Å². The van der Waals surface area contributed by atoms with Crippen LogP contribution < -0.4 is 0 Å². The predicted octanol–water partition coefficient (Wildman–Crippen LogP) is 5.11. The quantitative estimate of drug-likeness (QED) is 0.250. The zero-order valence-electron chi connectivity index (χ0n) is 16.2. The molecule has 146 valence electrons. The van der Waals surface area contributed by atoms with E-state index >= 15 is 0 Å². The molecule has 0 fully saturated rings. The average molecular weight is 357 g/mol. The maximum absolute atomic E-state index is 11.7. The molecule has 0 aliphatic heterocycles. The van der Waals surface area contributed by atoms with Gasteiger partial charge in [-0.25, -0.2) is 0 Å². The summed E-state index contributed by atoms with van der Waals surface area (Å²) in [4.78, 5) is 33.4. The van der Waals surface area contributed by atoms with E-state index in [1.807, 2.05) is 0 Å². The van der Waals surface area contributed by atoms with Gasteiger partial charge in [-0.05, 0) is 12.3 Å². The van der Waals surface area contributed by atoms with Gasteiger partial charge in [0.1, 0.15) is 0 Å². The van der Waals surface area contributed by atoms with Gasteiger partial charge < -0.3 is 9.84 Å². The van der Waals surface area contributed by atoms with Gasteiger partial charge in [0.2, 0.25) is 0 Å². The van der Waals surface area contributed by atoms with Crippen LogP contribution in [-0.4, -0.2) is 23.0 Å². The molecule has 5 heteroatoms. The van der Waals surface area contributed by atoms with Gasteiger partial charge in [-0.2, -0.15) is 0 Å². The van der Waals surface area contributed by atoms with Crippen molar-refractivity contribution in [3.8, 4) is 0 Å². The normalized spacial score (nSPS) is 13.2. The summed E-state index contributed by atoms with van der Waals surface area (Å²) >= 11 is 0. The van der Waals surface area contributed by atoms with Crippen LogP contribution in [0.5, 0.6) is 0 Å². The fraction of sp³-hybridized carbons (Fsp3) is 0.850. The summed E-state index contributed by atoms with van der Waals surface area (Å²) in [7, 11) is 0. The third-order valence-electron chi connectivity index (χ3n) is 4.54. The van der Waals surface area contributed by atoms with Crippen molar-refractivity contribution in [1.82, 2.24) is 0 Å². The number of carbonyl (C=O) groups is 3. The number of carboxylic acids is 1. The summed E-state index contributed by atoms with van der Waals surface area (Å²) in [6.07, 6.45) is 11.1. The molecule has 0 aromatic rings. The zero-order valence-corrected chi connectivity index (χ0v) is 16.2. The molecular weight excluding hydrogens is 320 g/mol. The van der Waals surface area contributed by atoms with Gasteiger partial charge in [-0.15, -0.1) is 0 Å². The minimum absolute atomic E-state index is 0.260. The third-order valence-corrected chi connectivity index (χ3v) is 4.54. The molecular formula is C20H36O5. The first kappa shape index (κ1) is 23.6. The van der Waals surface area contributed by atoms with Crippen molar-refractivity contribution in [2.45, 2.75) is 97.8 Å². The van der Waals surface area contributed by atoms with Gasteiger partial charge in [0, 0.05) is 0 Å². The van der Waals surface area contributed by atoms with Crippen LogP contribution in [0.3, 0.4) is 0 Å². The van der Waals surface area contributed by atoms with Crippen LogP contribution >= 0.6 is 0 Å². The van der Waals surface area contributed by atoms with Gasteiger partial charge in [-0.1, -0.05) is 78.6 Å². The molecule has 0 spiro atoms. The maximum Gasteiger partial charge on any atom is 0.316 e. The van der Waals surface area contributed by atoms with E-state index in [1.165, 1.54) is 44.9 Å². The number of rotatable bonds is 15. The molecule has 1 N–H and O–H groups in total. The van der Waals surface area contributed by atoms with Gasteiger partial charge in [-0.3, -0.25) is 14.4 Å². The van der Waals surface area contributed by atoms with Crippen molar-refractivity contribution in [1.29, 1.82) is 0 Å². The third kappa shape index (κ3) is 14.6. The second kappa shape index (κ2) is 14.9. The Morgan fingerprint density at radius 2 is 1.40 bits per heavy atom. The highest BCUT2D eigenvalue weighted by Gasteiger charge is 2.18. The summed E-state index contributed by atoms with van der Waals surface area (Å²) in [5.41, 5.74) is 0. The Hall–Kier alpha value is -1.39. The highest BCUT2D eigenvalue weighted by Crippen LogP contribution is 2.18. The first-order valence-corrected chi connectivity index (χ1v) is 9.83. The molecule has 0 radical (unpaired) electrons. The number of aliphatic carboxylic acids is 1. The van der Waals surface area contributed by atoms with E-state index in [0.717, 1.165) is 18.8 Å². The van der Waals surface area contributed by atoms with Crippen molar-refractivity contribution in [2.75, 3.05) is 0 Å². The number of esters is 2. The number of unbranched alkanes of at least 4 members (excludes halogenated alkanes) is 5. The Morgan fingerprint density at radius 3 is 1.96 bits per heavy atom. The molecule has 0 aliphatic rings. The molecule has 5 nitrogen and oxygen atoms in total. The highest BCUT2D eigenvalue weighted by atomic mass is 16.6. The smallest absolute Gasteiger partial charge is 0.316 e. The van der Waals surface area contributed by atoms with Crippen LogP contribution in [0.15, 0.2) is 0 Å². The van der Waals surface area contributed by atoms with E-state index in [0.29, 0.717) is 6.42 Å². The predicted molar refractivity (Wildman–Crippen MR) is 98.1 cm³/mol. The highest BCUT2D eigenvalue weighted by molar-refractivity contribution is 5.87. The summed E-state index contributed by atoms with van der Waals surface area (Å²) in [5, 5.41) is 8.49. The first-order chi connectivity index (χ1) is 11.9. The Labute approximate surface area is 152 Å². The molecule has 2 atom stereocenters. The van der Waals surface area contributed by atoms with E-state index in [-0.39, 0.29) is 18.8 Å². The summed E-state index contributed by atoms with van der Waals surface area (Å²) in [6.45, 7) is 6.31. The fourth-order valence-electron chi connectivity index (χ4n) is 2.77. The summed E-state index contributed by atoms with van der Waals surface area (Å²) in [5.74, 6) is -1.88. The average Bonchev–Trinajstić information content (AvgIpc) is 2.56. The molecule has 2 unspecified atom stereocenters. The van der Waals surface area contributed by atoms with Crippen LogP contribution in [0.2, 0.25) is 0 Å². The van der Waals surface area contributed by atoms with Gasteiger partial charge in [0.25, 0.3) is 0 Å². The SMILES string of the molecule is CCCCCC(C)CCCCCCC(C)C(=O)OC(=O)CCC(=O)O. The van der Waals surface area contributed by atoms with E-state index in [2.05, 4.69) is 18.6 Å². The van der Waals surface area contributed by atoms with E-state index in [1.54, 1.807) is 6.92 Å². The summed E-state index contributed by atoms with van der Waals surface area (Å²) in [6, 6.07) is 0. The zero-order chi connectivity index (χ0) is 19.1. The Bertz CT molecular complexity index is 392. The first-order valence-electron chi connectivity index (χ1n) is 9.83. The minimum atomic E-state index is -1.07. The molecule has 0 saturated heterocycles. The Kier molecular flexibility index (Phi) is 14.1. The van der Waals surface area contributed by atoms with Gasteiger partial charge >= 0.3 is 17.9 Å². The standard InChI is InChI=1S/C20H36O5/c1-4-5-8-11-16(2)12-9-6-7-10-13-17(3)20(24)25-19(23)15-14-18(21)22/h16-17H,4-15H2,1-3H3,(H,21,22). The van der Waals surface area contributed by atoms with Crippen molar-refractivity contribution in [2.24, 2.45) is 11.8 Å². The fourth-order valence-corrected chi connectivity index (χ4v) is 2.77. The molecule has 0 bridgehead atoms. The molecule has 0 saturated carbocycles. The van der Waals surface area contributed by atoms with E-state index in [4.69, 9.17) is 5.11 Å². The van der Waals surface area contributed by atoms with Gasteiger partial charge in [0.15, 0.2) is 0 Å². The lowest BCUT2D eigenvalue weighted by molar-refractivity contribution is -0.163. The van der Waals surface area contributed by atoms with Crippen LogP contribution in [0.4, 0.5) is 0 Å². The second-order valence-electron chi connectivity index (χ2n) is 7.18. The monoisotopic (exact) mass is 356 g/mol. The summed E-state index contributed by atoms with van der Waals surface area (Å²) < 4.78 is 4.68. The number of carbonyl (C=O) groups excluding carboxylic acids is 2. The molecule has 0 rings (SSSR count). The van der Waals surface area contributed by atoms with Crippen molar-refractivity contribution < 1.29 is 24.2 Å². The van der Waals surface area contributed by atoms with Crippen molar-refractivity contribution >= 4 is 17.9 Å².